The van der Waals surface area contributed by atoms with Crippen LogP contribution in [0.2, 0.25) is 0 Å². The summed E-state index contributed by atoms with van der Waals surface area (Å²) >= 11 is 1.44. The number of carbonyl (C=O) groups is 1. The highest BCUT2D eigenvalue weighted by atomic mass is 32.2. The molecule has 0 bridgehead atoms. The highest BCUT2D eigenvalue weighted by Gasteiger charge is 2.13. The van der Waals surface area contributed by atoms with Crippen LogP contribution in [0, 0.1) is 6.92 Å². The molecule has 28 heavy (non-hydrogen) atoms. The van der Waals surface area contributed by atoms with Gasteiger partial charge in [-0.25, -0.2) is 4.98 Å². The lowest BCUT2D eigenvalue weighted by Gasteiger charge is -2.03. The number of hydrogen-bond donors (Lipinski definition) is 1. The number of benzene rings is 2. The van der Waals surface area contributed by atoms with Gasteiger partial charge in [0.2, 0.25) is 0 Å². The average Bonchev–Trinajstić information content (AvgIpc) is 3.35. The first-order valence-corrected chi connectivity index (χ1v) is 10.1. The number of hydrogen-bond acceptors (Lipinski definition) is 5. The van der Waals surface area contributed by atoms with Gasteiger partial charge in [-0.15, -0.1) is 0 Å². The molecule has 0 fully saturated rings. The molecule has 0 atom stereocenters. The highest BCUT2D eigenvalue weighted by molar-refractivity contribution is 7.98. The summed E-state index contributed by atoms with van der Waals surface area (Å²) in [4.78, 5) is 16.7. The van der Waals surface area contributed by atoms with Gasteiger partial charge < -0.3 is 14.2 Å². The Kier molecular flexibility index (Phi) is 5.48. The van der Waals surface area contributed by atoms with Crippen LogP contribution in [0.4, 0.5) is 0 Å². The van der Waals surface area contributed by atoms with Gasteiger partial charge >= 0.3 is 0 Å². The number of amides is 1. The summed E-state index contributed by atoms with van der Waals surface area (Å²) in [5.41, 5.74) is 3.93. The van der Waals surface area contributed by atoms with E-state index in [0.717, 1.165) is 23.1 Å². The summed E-state index contributed by atoms with van der Waals surface area (Å²) in [6.45, 7) is 2.57. The van der Waals surface area contributed by atoms with Crippen LogP contribution in [-0.4, -0.2) is 17.4 Å². The average molecular weight is 392 g/mol. The van der Waals surface area contributed by atoms with Gasteiger partial charge in [-0.1, -0.05) is 54.2 Å². The van der Waals surface area contributed by atoms with Gasteiger partial charge in [-0.05, 0) is 42.7 Å². The summed E-state index contributed by atoms with van der Waals surface area (Å²) in [6, 6.07) is 19.4. The number of carbonyl (C=O) groups excluding carboxylic acids is 1. The van der Waals surface area contributed by atoms with Crippen molar-refractivity contribution in [3.63, 3.8) is 0 Å². The minimum Gasteiger partial charge on any atom is -0.455 e. The maximum absolute atomic E-state index is 12.2. The van der Waals surface area contributed by atoms with Crippen LogP contribution >= 0.6 is 11.8 Å². The van der Waals surface area contributed by atoms with Crippen molar-refractivity contribution in [3.8, 4) is 0 Å². The van der Waals surface area contributed by atoms with E-state index < -0.39 is 0 Å². The van der Waals surface area contributed by atoms with Crippen molar-refractivity contribution in [3.05, 3.63) is 83.3 Å². The van der Waals surface area contributed by atoms with Crippen molar-refractivity contribution in [2.45, 2.75) is 24.3 Å². The lowest BCUT2D eigenvalue weighted by Crippen LogP contribution is -2.25. The summed E-state index contributed by atoms with van der Waals surface area (Å²) in [5.74, 6) is 1.36. The maximum atomic E-state index is 12.2. The van der Waals surface area contributed by atoms with Gasteiger partial charge in [-0.3, -0.25) is 4.79 Å². The predicted molar refractivity (Wildman–Crippen MR) is 109 cm³/mol. The quantitative estimate of drug-likeness (QED) is 0.449. The first-order chi connectivity index (χ1) is 13.7. The van der Waals surface area contributed by atoms with Crippen molar-refractivity contribution in [1.29, 1.82) is 0 Å². The van der Waals surface area contributed by atoms with Crippen LogP contribution in [0.5, 0.6) is 0 Å². The number of oxazole rings is 1. The van der Waals surface area contributed by atoms with Gasteiger partial charge in [0.15, 0.2) is 11.3 Å². The second-order valence-corrected chi connectivity index (χ2v) is 7.37. The lowest BCUT2D eigenvalue weighted by molar-refractivity contribution is 0.0925. The first kappa shape index (κ1) is 18.4. The van der Waals surface area contributed by atoms with E-state index in [1.54, 1.807) is 6.07 Å². The molecule has 0 aliphatic heterocycles. The molecule has 2 aromatic heterocycles. The Morgan fingerprint density at radius 2 is 1.89 bits per heavy atom. The number of aryl methyl sites for hydroxylation is 1. The number of furan rings is 1. The van der Waals surface area contributed by atoms with Crippen LogP contribution in [0.25, 0.3) is 11.1 Å². The molecule has 1 amide bonds. The summed E-state index contributed by atoms with van der Waals surface area (Å²) in [5, 5.41) is 3.48. The number of fused-ring (bicyclic) bond motifs is 1. The summed E-state index contributed by atoms with van der Waals surface area (Å²) in [7, 11) is 0. The Morgan fingerprint density at radius 1 is 1.04 bits per heavy atom. The molecule has 5 nitrogen and oxygen atoms in total. The SMILES string of the molecule is Cc1cccc2oc(SCc3ccc(C(=O)NCCc4ccccc4)o3)nc12. The summed E-state index contributed by atoms with van der Waals surface area (Å²) < 4.78 is 11.4. The van der Waals surface area contributed by atoms with E-state index in [1.807, 2.05) is 61.5 Å². The van der Waals surface area contributed by atoms with Crippen molar-refractivity contribution in [1.82, 2.24) is 10.3 Å². The van der Waals surface area contributed by atoms with Crippen LogP contribution in [0.1, 0.15) is 27.4 Å². The fourth-order valence-electron chi connectivity index (χ4n) is 2.89. The van der Waals surface area contributed by atoms with Gasteiger partial charge in [-0.2, -0.15) is 0 Å². The van der Waals surface area contributed by atoms with E-state index in [2.05, 4.69) is 10.3 Å². The Labute approximate surface area is 167 Å². The van der Waals surface area contributed by atoms with Crippen LogP contribution < -0.4 is 5.32 Å². The molecule has 0 radical (unpaired) electrons. The van der Waals surface area contributed by atoms with Crippen molar-refractivity contribution in [2.75, 3.05) is 6.54 Å². The number of para-hydroxylation sites is 1. The fraction of sp³-hybridized carbons (Fsp3) is 0.182. The lowest BCUT2D eigenvalue weighted by atomic mass is 10.1. The zero-order valence-electron chi connectivity index (χ0n) is 15.5. The fourth-order valence-corrected chi connectivity index (χ4v) is 3.62. The van der Waals surface area contributed by atoms with Crippen LogP contribution in [-0.2, 0) is 12.2 Å². The minimum atomic E-state index is -0.204. The molecule has 4 rings (SSSR count). The topological polar surface area (TPSA) is 68.3 Å². The molecular weight excluding hydrogens is 372 g/mol. The highest BCUT2D eigenvalue weighted by Crippen LogP contribution is 2.28. The Bertz CT molecular complexity index is 1090. The van der Waals surface area contributed by atoms with Crippen LogP contribution in [0.15, 0.2) is 74.7 Å². The number of nitrogens with one attached hydrogen (secondary N) is 1. The molecule has 1 N–H and O–H groups in total. The normalized spacial score (nSPS) is 11.0. The van der Waals surface area contributed by atoms with Crippen molar-refractivity contribution in [2.24, 2.45) is 0 Å². The smallest absolute Gasteiger partial charge is 0.287 e. The molecule has 0 aliphatic rings. The van der Waals surface area contributed by atoms with Crippen molar-refractivity contribution < 1.29 is 13.6 Å². The molecule has 2 heterocycles. The molecule has 4 aromatic rings. The molecule has 0 saturated carbocycles. The second kappa shape index (κ2) is 8.35. The molecule has 6 heteroatoms. The summed E-state index contributed by atoms with van der Waals surface area (Å²) in [6.07, 6.45) is 0.785. The largest absolute Gasteiger partial charge is 0.455 e. The van der Waals surface area contributed by atoms with Crippen molar-refractivity contribution >= 4 is 28.8 Å². The molecule has 0 saturated heterocycles. The zero-order valence-corrected chi connectivity index (χ0v) is 16.3. The van der Waals surface area contributed by atoms with Gasteiger partial charge in [0.05, 0.1) is 5.75 Å². The van der Waals surface area contributed by atoms with Gasteiger partial charge in [0.1, 0.15) is 11.3 Å². The van der Waals surface area contributed by atoms with E-state index >= 15 is 0 Å². The zero-order chi connectivity index (χ0) is 19.3. The molecular formula is C22H20N2O3S. The number of thioether (sulfide) groups is 1. The van der Waals surface area contributed by atoms with E-state index in [0.29, 0.717) is 29.0 Å². The molecule has 0 aliphatic carbocycles. The Morgan fingerprint density at radius 3 is 2.71 bits per heavy atom. The van der Waals surface area contributed by atoms with Gasteiger partial charge in [0, 0.05) is 6.54 Å². The van der Waals surface area contributed by atoms with E-state index in [1.165, 1.54) is 17.3 Å². The van der Waals surface area contributed by atoms with E-state index in [9.17, 15) is 4.79 Å². The predicted octanol–water partition coefficient (Wildman–Crippen LogP) is 4.99. The van der Waals surface area contributed by atoms with E-state index in [-0.39, 0.29) is 5.91 Å². The standard InChI is InChI=1S/C22H20N2O3S/c1-15-6-5-9-18-20(15)24-22(27-18)28-14-17-10-11-19(26-17)21(25)23-13-12-16-7-3-2-4-8-16/h2-11H,12-14H2,1H3,(H,23,25). The van der Waals surface area contributed by atoms with Crippen LogP contribution in [0.3, 0.4) is 0 Å². The molecule has 0 unspecified atom stereocenters. The maximum Gasteiger partial charge on any atom is 0.287 e. The molecule has 2 aromatic carbocycles. The van der Waals surface area contributed by atoms with Gasteiger partial charge in [0.25, 0.3) is 11.1 Å². The third kappa shape index (κ3) is 4.28. The number of aromatic nitrogens is 1. The third-order valence-electron chi connectivity index (χ3n) is 4.37. The first-order valence-electron chi connectivity index (χ1n) is 9.09. The number of nitrogens with zero attached hydrogens (tertiary/aromatic N) is 1. The minimum absolute atomic E-state index is 0.204. The Balaban J connectivity index is 1.30. The Hall–Kier alpha value is -2.99. The molecule has 142 valence electrons. The number of rotatable bonds is 7. The molecule has 0 spiro atoms. The third-order valence-corrected chi connectivity index (χ3v) is 5.22. The van der Waals surface area contributed by atoms with E-state index in [4.69, 9.17) is 8.83 Å². The second-order valence-electron chi connectivity index (χ2n) is 6.45. The monoisotopic (exact) mass is 392 g/mol.